The van der Waals surface area contributed by atoms with Gasteiger partial charge in [-0.15, -0.1) is 22.7 Å². The number of primary amides is 1. The Kier molecular flexibility index (Phi) is 6.85. The number of anilines is 1. The fraction of sp³-hybridized carbons (Fsp3) is 0.214. The molecule has 1 aromatic carbocycles. The smallest absolute Gasteiger partial charge is 0.269 e. The van der Waals surface area contributed by atoms with Gasteiger partial charge in [0.15, 0.2) is 15.8 Å². The first-order chi connectivity index (χ1) is 21.3. The normalized spacial score (nSPS) is 16.6. The molecule has 5 aromatic heterocycles. The van der Waals surface area contributed by atoms with Crippen molar-refractivity contribution >= 4 is 61.4 Å². The zero-order chi connectivity index (χ0) is 30.5. The number of fused-ring (bicyclic) bond motifs is 2. The molecule has 13 nitrogen and oxygen atoms in total. The van der Waals surface area contributed by atoms with Crippen LogP contribution in [0.4, 0.5) is 9.52 Å². The number of carbonyl (C=O) groups is 3. The van der Waals surface area contributed by atoms with Gasteiger partial charge < -0.3 is 16.0 Å². The number of benzene rings is 1. The Hall–Kier alpha value is -5.09. The summed E-state index contributed by atoms with van der Waals surface area (Å²) in [7, 11) is 0. The summed E-state index contributed by atoms with van der Waals surface area (Å²) in [6.45, 7) is 1.32. The number of hydrogen-bond donors (Lipinski definition) is 2. The third-order valence-corrected chi connectivity index (χ3v) is 8.99. The van der Waals surface area contributed by atoms with E-state index < -0.39 is 29.9 Å². The van der Waals surface area contributed by atoms with Gasteiger partial charge in [-0.1, -0.05) is 6.07 Å². The SMILES string of the molecule is Cc1nc2sccn2c1-c1csc(NC(=O)[C@@H]2C[C@@H](F)CN2C(=O)Cn2nc(C(N)=O)c3cc(-c4ccnnc4)ccc32)n1. The van der Waals surface area contributed by atoms with Crippen LogP contribution in [0.5, 0.6) is 0 Å². The maximum atomic E-state index is 14.7. The predicted octanol–water partition coefficient (Wildman–Crippen LogP) is 3.31. The van der Waals surface area contributed by atoms with Crippen molar-refractivity contribution in [3.05, 3.63) is 65.0 Å². The quantitative estimate of drug-likeness (QED) is 0.271. The van der Waals surface area contributed by atoms with Crippen LogP contribution in [-0.2, 0) is 16.1 Å². The minimum Gasteiger partial charge on any atom is -0.364 e. The van der Waals surface area contributed by atoms with E-state index in [0.717, 1.165) is 27.5 Å². The highest BCUT2D eigenvalue weighted by molar-refractivity contribution is 7.15. The van der Waals surface area contributed by atoms with E-state index >= 15 is 0 Å². The van der Waals surface area contributed by atoms with Crippen molar-refractivity contribution in [2.24, 2.45) is 5.73 Å². The van der Waals surface area contributed by atoms with Gasteiger partial charge in [-0.25, -0.2) is 14.4 Å². The summed E-state index contributed by atoms with van der Waals surface area (Å²) in [5.41, 5.74) is 9.89. The third-order valence-electron chi connectivity index (χ3n) is 7.47. The van der Waals surface area contributed by atoms with Crippen molar-refractivity contribution in [3.63, 3.8) is 0 Å². The maximum absolute atomic E-state index is 14.7. The van der Waals surface area contributed by atoms with E-state index in [4.69, 9.17) is 5.73 Å². The second-order valence-electron chi connectivity index (χ2n) is 10.3. The largest absolute Gasteiger partial charge is 0.364 e. The second-order valence-corrected chi connectivity index (χ2v) is 12.0. The minimum atomic E-state index is -1.38. The number of aromatic nitrogens is 7. The van der Waals surface area contributed by atoms with Crippen LogP contribution >= 0.6 is 22.7 Å². The van der Waals surface area contributed by atoms with Gasteiger partial charge in [0.25, 0.3) is 5.91 Å². The van der Waals surface area contributed by atoms with Crippen molar-refractivity contribution in [2.45, 2.75) is 32.1 Å². The molecule has 0 bridgehead atoms. The van der Waals surface area contributed by atoms with Gasteiger partial charge in [0, 0.05) is 34.3 Å². The van der Waals surface area contributed by atoms with Crippen LogP contribution in [0.3, 0.4) is 0 Å². The van der Waals surface area contributed by atoms with Crippen molar-refractivity contribution in [2.75, 3.05) is 11.9 Å². The Morgan fingerprint density at radius 1 is 1.14 bits per heavy atom. The van der Waals surface area contributed by atoms with Gasteiger partial charge in [0.1, 0.15) is 24.5 Å². The molecular formula is C28H23FN10O3S2. The standard InChI is InChI=1S/C28H23FN10O3S2/c1-14-24(37-6-7-43-28(37)33-14)19-13-44-27(34-19)35-26(42)21-9-17(29)11-38(21)22(40)12-39-20-3-2-15(16-4-5-31-32-10-16)8-18(20)23(36-39)25(30)41/h2-8,10,13,17,21H,9,11-12H2,1H3,(H2,30,41)(H,34,35,42)/t17-,21+/m1/s1. The zero-order valence-corrected chi connectivity index (χ0v) is 24.7. The number of nitrogens with two attached hydrogens (primary N) is 1. The van der Waals surface area contributed by atoms with Crippen LogP contribution in [0, 0.1) is 6.92 Å². The maximum Gasteiger partial charge on any atom is 0.269 e. The van der Waals surface area contributed by atoms with Crippen molar-refractivity contribution in [1.82, 2.24) is 39.2 Å². The van der Waals surface area contributed by atoms with E-state index in [0.29, 0.717) is 21.7 Å². The molecule has 2 atom stereocenters. The van der Waals surface area contributed by atoms with Gasteiger partial charge in [-0.2, -0.15) is 15.3 Å². The summed E-state index contributed by atoms with van der Waals surface area (Å²) in [5, 5.41) is 19.2. The number of nitrogens with zero attached hydrogens (tertiary/aromatic N) is 8. The fourth-order valence-corrected chi connectivity index (χ4v) is 6.94. The summed E-state index contributed by atoms with van der Waals surface area (Å²) in [6, 6.07) is 5.98. The summed E-state index contributed by atoms with van der Waals surface area (Å²) in [5.74, 6) is -1.83. The number of halogens is 1. The topological polar surface area (TPSA) is 166 Å². The number of carbonyl (C=O) groups excluding carboxylic acids is 3. The number of rotatable bonds is 7. The Labute approximate surface area is 256 Å². The number of likely N-dealkylation sites (tertiary alicyclic amines) is 1. The fourth-order valence-electron chi connectivity index (χ4n) is 5.48. The van der Waals surface area contributed by atoms with Gasteiger partial charge in [-0.05, 0) is 30.7 Å². The average molecular weight is 631 g/mol. The van der Waals surface area contributed by atoms with E-state index in [2.05, 4.69) is 30.6 Å². The van der Waals surface area contributed by atoms with E-state index in [9.17, 15) is 18.8 Å². The lowest BCUT2D eigenvalue weighted by atomic mass is 10.0. The number of hydrogen-bond acceptors (Lipinski definition) is 10. The van der Waals surface area contributed by atoms with Crippen LogP contribution < -0.4 is 11.1 Å². The second kappa shape index (κ2) is 10.9. The molecule has 6 aromatic rings. The monoisotopic (exact) mass is 630 g/mol. The van der Waals surface area contributed by atoms with Crippen LogP contribution in [0.25, 0.3) is 38.4 Å². The van der Waals surface area contributed by atoms with E-state index in [1.807, 2.05) is 28.3 Å². The van der Waals surface area contributed by atoms with Crippen LogP contribution in [-0.4, -0.2) is 75.7 Å². The third kappa shape index (κ3) is 4.87. The number of amides is 3. The highest BCUT2D eigenvalue weighted by Gasteiger charge is 2.40. The van der Waals surface area contributed by atoms with Crippen LogP contribution in [0.1, 0.15) is 22.6 Å². The lowest BCUT2D eigenvalue weighted by Crippen LogP contribution is -2.44. The average Bonchev–Trinajstić information content (AvgIpc) is 3.83. The number of thiazole rings is 2. The highest BCUT2D eigenvalue weighted by Crippen LogP contribution is 2.31. The molecule has 7 rings (SSSR count). The molecule has 0 saturated carbocycles. The van der Waals surface area contributed by atoms with Gasteiger partial charge in [0.2, 0.25) is 11.8 Å². The molecule has 222 valence electrons. The number of alkyl halides is 1. The molecule has 1 saturated heterocycles. The van der Waals surface area contributed by atoms with E-state index in [1.54, 1.807) is 36.7 Å². The molecule has 0 radical (unpaired) electrons. The zero-order valence-electron chi connectivity index (χ0n) is 23.0. The first kappa shape index (κ1) is 27.7. The summed E-state index contributed by atoms with van der Waals surface area (Å²) >= 11 is 2.74. The van der Waals surface area contributed by atoms with Gasteiger partial charge in [-0.3, -0.25) is 23.5 Å². The Balaban J connectivity index is 1.11. The highest BCUT2D eigenvalue weighted by atomic mass is 32.1. The molecule has 1 fully saturated rings. The first-order valence-corrected chi connectivity index (χ1v) is 15.2. The van der Waals surface area contributed by atoms with Crippen LogP contribution in [0.15, 0.2) is 53.6 Å². The predicted molar refractivity (Wildman–Crippen MR) is 162 cm³/mol. The van der Waals surface area contributed by atoms with Crippen molar-refractivity contribution < 1.29 is 18.8 Å². The van der Waals surface area contributed by atoms with E-state index in [1.165, 1.54) is 32.3 Å². The Bertz CT molecular complexity index is 2070. The summed E-state index contributed by atoms with van der Waals surface area (Å²) in [6.07, 6.45) is 3.51. The van der Waals surface area contributed by atoms with Crippen molar-refractivity contribution in [3.8, 4) is 22.5 Å². The van der Waals surface area contributed by atoms with Gasteiger partial charge in [0.05, 0.1) is 35.8 Å². The first-order valence-electron chi connectivity index (χ1n) is 13.5. The number of imidazole rings is 1. The minimum absolute atomic E-state index is 0.0107. The lowest BCUT2D eigenvalue weighted by molar-refractivity contribution is -0.137. The molecule has 6 heterocycles. The molecule has 1 aliphatic heterocycles. The van der Waals surface area contributed by atoms with Crippen LogP contribution in [0.2, 0.25) is 0 Å². The molecule has 0 aliphatic carbocycles. The molecular weight excluding hydrogens is 608 g/mol. The molecule has 44 heavy (non-hydrogen) atoms. The number of aryl methyl sites for hydroxylation is 1. The molecule has 1 aliphatic rings. The summed E-state index contributed by atoms with van der Waals surface area (Å²) < 4.78 is 17.9. The number of nitrogens with one attached hydrogen (secondary N) is 1. The molecule has 3 amide bonds. The molecule has 0 spiro atoms. The van der Waals surface area contributed by atoms with E-state index in [-0.39, 0.29) is 25.2 Å². The summed E-state index contributed by atoms with van der Waals surface area (Å²) in [4.78, 5) is 50.2. The Morgan fingerprint density at radius 2 is 2.00 bits per heavy atom. The molecule has 3 N–H and O–H groups in total. The Morgan fingerprint density at radius 3 is 2.80 bits per heavy atom. The molecule has 0 unspecified atom stereocenters. The lowest BCUT2D eigenvalue weighted by Gasteiger charge is -2.23. The van der Waals surface area contributed by atoms with Gasteiger partial charge >= 0.3 is 0 Å². The van der Waals surface area contributed by atoms with Crippen molar-refractivity contribution in [1.29, 1.82) is 0 Å². The molecule has 16 heteroatoms.